The normalized spacial score (nSPS) is 32.1. The monoisotopic (exact) mass is 227 g/mol. The van der Waals surface area contributed by atoms with Crippen molar-refractivity contribution in [3.63, 3.8) is 0 Å². The first-order chi connectivity index (χ1) is 7.47. The second-order valence-electron chi connectivity index (χ2n) is 5.57. The van der Waals surface area contributed by atoms with Crippen LogP contribution >= 0.6 is 0 Å². The molecular formula is C13H25NO2. The SMILES string of the molecule is CC(O)CCC(=O)NC1CC(C)CC(C)C1. The molecule has 1 amide bonds. The van der Waals surface area contributed by atoms with Gasteiger partial charge in [-0.25, -0.2) is 0 Å². The number of amides is 1. The van der Waals surface area contributed by atoms with E-state index in [1.165, 1.54) is 6.42 Å². The molecule has 3 atom stereocenters. The summed E-state index contributed by atoms with van der Waals surface area (Å²) in [5, 5.41) is 12.2. The van der Waals surface area contributed by atoms with Crippen LogP contribution in [0.1, 0.15) is 52.9 Å². The molecule has 1 saturated carbocycles. The number of carbonyl (C=O) groups excluding carboxylic acids is 1. The Hall–Kier alpha value is -0.570. The van der Waals surface area contributed by atoms with E-state index in [0.717, 1.165) is 12.8 Å². The van der Waals surface area contributed by atoms with Crippen molar-refractivity contribution in [3.8, 4) is 0 Å². The van der Waals surface area contributed by atoms with Crippen molar-refractivity contribution in [2.75, 3.05) is 0 Å². The van der Waals surface area contributed by atoms with Gasteiger partial charge in [-0.3, -0.25) is 4.79 Å². The lowest BCUT2D eigenvalue weighted by Gasteiger charge is -2.32. The van der Waals surface area contributed by atoms with Crippen molar-refractivity contribution in [2.45, 2.75) is 65.0 Å². The van der Waals surface area contributed by atoms with Gasteiger partial charge < -0.3 is 10.4 Å². The Bertz CT molecular complexity index is 218. The lowest BCUT2D eigenvalue weighted by atomic mass is 9.80. The van der Waals surface area contributed by atoms with Gasteiger partial charge in [-0.15, -0.1) is 0 Å². The van der Waals surface area contributed by atoms with Crippen LogP contribution in [0.25, 0.3) is 0 Å². The minimum absolute atomic E-state index is 0.0900. The third-order valence-electron chi connectivity index (χ3n) is 3.33. The molecule has 0 aromatic rings. The van der Waals surface area contributed by atoms with Crippen LogP contribution in [0.2, 0.25) is 0 Å². The van der Waals surface area contributed by atoms with Crippen molar-refractivity contribution >= 4 is 5.91 Å². The summed E-state index contributed by atoms with van der Waals surface area (Å²) in [7, 11) is 0. The van der Waals surface area contributed by atoms with E-state index < -0.39 is 0 Å². The Balaban J connectivity index is 2.27. The van der Waals surface area contributed by atoms with Crippen LogP contribution in [0, 0.1) is 11.8 Å². The van der Waals surface area contributed by atoms with Crippen molar-refractivity contribution in [1.82, 2.24) is 5.32 Å². The van der Waals surface area contributed by atoms with Gasteiger partial charge in [0.25, 0.3) is 0 Å². The summed E-state index contributed by atoms with van der Waals surface area (Å²) in [6.07, 6.45) is 4.10. The first-order valence-corrected chi connectivity index (χ1v) is 6.44. The molecule has 94 valence electrons. The van der Waals surface area contributed by atoms with Gasteiger partial charge in [0, 0.05) is 12.5 Å². The standard InChI is InChI=1S/C13H25NO2/c1-9-6-10(2)8-12(7-9)14-13(16)5-4-11(3)15/h9-12,15H,4-8H2,1-3H3,(H,14,16). The van der Waals surface area contributed by atoms with Crippen molar-refractivity contribution < 1.29 is 9.90 Å². The molecule has 0 bridgehead atoms. The van der Waals surface area contributed by atoms with Crippen LogP contribution < -0.4 is 5.32 Å². The molecule has 0 aromatic carbocycles. The molecule has 0 heterocycles. The first-order valence-electron chi connectivity index (χ1n) is 6.44. The topological polar surface area (TPSA) is 49.3 Å². The highest BCUT2D eigenvalue weighted by Crippen LogP contribution is 2.28. The lowest BCUT2D eigenvalue weighted by molar-refractivity contribution is -0.122. The molecule has 16 heavy (non-hydrogen) atoms. The van der Waals surface area contributed by atoms with E-state index in [2.05, 4.69) is 19.2 Å². The summed E-state index contributed by atoms with van der Waals surface area (Å²) in [5.41, 5.74) is 0. The van der Waals surface area contributed by atoms with E-state index in [1.54, 1.807) is 6.92 Å². The molecule has 1 aliphatic carbocycles. The fourth-order valence-corrected chi connectivity index (χ4v) is 2.70. The molecule has 0 saturated heterocycles. The average molecular weight is 227 g/mol. The second-order valence-corrected chi connectivity index (χ2v) is 5.57. The van der Waals surface area contributed by atoms with Gasteiger partial charge >= 0.3 is 0 Å². The number of hydrogen-bond donors (Lipinski definition) is 2. The van der Waals surface area contributed by atoms with Gasteiger partial charge in [0.2, 0.25) is 5.91 Å². The van der Waals surface area contributed by atoms with E-state index in [0.29, 0.717) is 30.7 Å². The molecular weight excluding hydrogens is 202 g/mol. The summed E-state index contributed by atoms with van der Waals surface area (Å²) in [4.78, 5) is 11.6. The highest BCUT2D eigenvalue weighted by atomic mass is 16.3. The summed E-state index contributed by atoms with van der Waals surface area (Å²) in [6, 6.07) is 0.347. The maximum Gasteiger partial charge on any atom is 0.220 e. The largest absolute Gasteiger partial charge is 0.393 e. The number of carbonyl (C=O) groups is 1. The average Bonchev–Trinajstić information content (AvgIpc) is 2.12. The van der Waals surface area contributed by atoms with Gasteiger partial charge in [-0.05, 0) is 44.4 Å². The van der Waals surface area contributed by atoms with Crippen molar-refractivity contribution in [2.24, 2.45) is 11.8 Å². The smallest absolute Gasteiger partial charge is 0.220 e. The molecule has 3 unspecified atom stereocenters. The number of aliphatic hydroxyl groups excluding tert-OH is 1. The third kappa shape index (κ3) is 4.97. The maximum absolute atomic E-state index is 11.6. The van der Waals surface area contributed by atoms with Crippen LogP contribution in [-0.2, 0) is 4.79 Å². The van der Waals surface area contributed by atoms with Gasteiger partial charge in [-0.2, -0.15) is 0 Å². The molecule has 2 N–H and O–H groups in total. The van der Waals surface area contributed by atoms with E-state index in [1.807, 2.05) is 0 Å². The highest BCUT2D eigenvalue weighted by Gasteiger charge is 2.24. The summed E-state index contributed by atoms with van der Waals surface area (Å²) in [6.45, 7) is 6.23. The van der Waals surface area contributed by atoms with Gasteiger partial charge in [-0.1, -0.05) is 13.8 Å². The zero-order chi connectivity index (χ0) is 12.1. The van der Waals surface area contributed by atoms with E-state index in [9.17, 15) is 4.79 Å². The molecule has 1 rings (SSSR count). The molecule has 3 nitrogen and oxygen atoms in total. The Kier molecular flexibility index (Phi) is 5.26. The maximum atomic E-state index is 11.6. The number of aliphatic hydroxyl groups is 1. The zero-order valence-corrected chi connectivity index (χ0v) is 10.7. The molecule has 3 heteroatoms. The summed E-state index contributed by atoms with van der Waals surface area (Å²) in [5.74, 6) is 1.52. The quantitative estimate of drug-likeness (QED) is 0.772. The number of nitrogens with one attached hydrogen (secondary N) is 1. The molecule has 1 fully saturated rings. The van der Waals surface area contributed by atoms with Crippen LogP contribution in [0.5, 0.6) is 0 Å². The molecule has 0 spiro atoms. The highest BCUT2D eigenvalue weighted by molar-refractivity contribution is 5.76. The van der Waals surface area contributed by atoms with Crippen LogP contribution in [0.4, 0.5) is 0 Å². The first kappa shape index (κ1) is 13.5. The fraction of sp³-hybridized carbons (Fsp3) is 0.923. The molecule has 1 aliphatic rings. The Morgan fingerprint density at radius 1 is 1.31 bits per heavy atom. The summed E-state index contributed by atoms with van der Waals surface area (Å²) < 4.78 is 0. The molecule has 0 radical (unpaired) electrons. The van der Waals surface area contributed by atoms with Gasteiger partial charge in [0.1, 0.15) is 0 Å². The minimum Gasteiger partial charge on any atom is -0.393 e. The van der Waals surface area contributed by atoms with E-state index in [4.69, 9.17) is 5.11 Å². The Morgan fingerprint density at radius 2 is 1.88 bits per heavy atom. The van der Waals surface area contributed by atoms with Crippen LogP contribution in [0.15, 0.2) is 0 Å². The lowest BCUT2D eigenvalue weighted by Crippen LogP contribution is -2.40. The molecule has 0 aliphatic heterocycles. The van der Waals surface area contributed by atoms with E-state index >= 15 is 0 Å². The summed E-state index contributed by atoms with van der Waals surface area (Å²) >= 11 is 0. The minimum atomic E-state index is -0.380. The Morgan fingerprint density at radius 3 is 2.38 bits per heavy atom. The van der Waals surface area contributed by atoms with Crippen molar-refractivity contribution in [1.29, 1.82) is 0 Å². The predicted molar refractivity (Wildman–Crippen MR) is 65.0 cm³/mol. The van der Waals surface area contributed by atoms with Gasteiger partial charge in [0.15, 0.2) is 0 Å². The second kappa shape index (κ2) is 6.24. The van der Waals surface area contributed by atoms with E-state index in [-0.39, 0.29) is 12.0 Å². The molecule has 0 aromatic heterocycles. The van der Waals surface area contributed by atoms with Crippen LogP contribution in [0.3, 0.4) is 0 Å². The van der Waals surface area contributed by atoms with Crippen molar-refractivity contribution in [3.05, 3.63) is 0 Å². The van der Waals surface area contributed by atoms with Gasteiger partial charge in [0.05, 0.1) is 6.10 Å². The van der Waals surface area contributed by atoms with Crippen LogP contribution in [-0.4, -0.2) is 23.2 Å². The fourth-order valence-electron chi connectivity index (χ4n) is 2.70. The number of hydrogen-bond acceptors (Lipinski definition) is 2. The Labute approximate surface area is 98.6 Å². The third-order valence-corrected chi connectivity index (χ3v) is 3.33. The number of rotatable bonds is 4. The predicted octanol–water partition coefficient (Wildman–Crippen LogP) is 2.09. The zero-order valence-electron chi connectivity index (χ0n) is 10.7.